The fraction of sp³-hybridized carbons (Fsp3) is 0.0909. The summed E-state index contributed by atoms with van der Waals surface area (Å²) in [6.45, 7) is 0.322. The fourth-order valence-corrected chi connectivity index (χ4v) is 2.05. The second-order valence-electron chi connectivity index (χ2n) is 3.42. The molecule has 0 radical (unpaired) electrons. The summed E-state index contributed by atoms with van der Waals surface area (Å²) in [6, 6.07) is 4.38. The number of hydrogen-bond donors (Lipinski definition) is 0. The SMILES string of the molecule is O=c1c(I)cncn1Cc1ccc(F)c(Cl)c1. The normalized spacial score (nSPS) is 10.5. The van der Waals surface area contributed by atoms with E-state index in [1.165, 1.54) is 29.2 Å². The summed E-state index contributed by atoms with van der Waals surface area (Å²) in [5, 5.41) is 0.0501. The molecule has 0 saturated carbocycles. The first-order valence-electron chi connectivity index (χ1n) is 4.72. The van der Waals surface area contributed by atoms with Gasteiger partial charge in [0.15, 0.2) is 0 Å². The topological polar surface area (TPSA) is 34.9 Å². The summed E-state index contributed by atoms with van der Waals surface area (Å²) in [5.41, 5.74) is 0.628. The fourth-order valence-electron chi connectivity index (χ4n) is 1.37. The van der Waals surface area contributed by atoms with Crippen molar-refractivity contribution in [3.8, 4) is 0 Å². The van der Waals surface area contributed by atoms with E-state index in [1.807, 2.05) is 22.6 Å². The highest BCUT2D eigenvalue weighted by Gasteiger charge is 2.04. The molecule has 0 aliphatic carbocycles. The number of benzene rings is 1. The van der Waals surface area contributed by atoms with Crippen LogP contribution >= 0.6 is 34.2 Å². The van der Waals surface area contributed by atoms with Gasteiger partial charge in [0.25, 0.3) is 5.56 Å². The predicted octanol–water partition coefficient (Wildman–Crippen LogP) is 2.69. The summed E-state index contributed by atoms with van der Waals surface area (Å²) in [6.07, 6.45) is 2.94. The minimum absolute atomic E-state index is 0.0501. The number of hydrogen-bond acceptors (Lipinski definition) is 2. The second-order valence-corrected chi connectivity index (χ2v) is 4.99. The van der Waals surface area contributed by atoms with E-state index < -0.39 is 5.82 Å². The van der Waals surface area contributed by atoms with Gasteiger partial charge in [0.2, 0.25) is 0 Å². The Morgan fingerprint density at radius 1 is 1.47 bits per heavy atom. The largest absolute Gasteiger partial charge is 0.294 e. The zero-order valence-corrected chi connectivity index (χ0v) is 11.4. The predicted molar refractivity (Wildman–Crippen MR) is 71.7 cm³/mol. The Labute approximate surface area is 115 Å². The molecule has 2 rings (SSSR count). The average molecular weight is 365 g/mol. The first-order valence-corrected chi connectivity index (χ1v) is 6.17. The highest BCUT2D eigenvalue weighted by molar-refractivity contribution is 14.1. The number of halogens is 3. The quantitative estimate of drug-likeness (QED) is 0.768. The van der Waals surface area contributed by atoms with Crippen LogP contribution in [0.1, 0.15) is 5.56 Å². The van der Waals surface area contributed by atoms with Gasteiger partial charge in [-0.05, 0) is 40.3 Å². The van der Waals surface area contributed by atoms with Crippen LogP contribution in [-0.4, -0.2) is 9.55 Å². The molecule has 0 spiro atoms. The highest BCUT2D eigenvalue weighted by atomic mass is 127. The highest BCUT2D eigenvalue weighted by Crippen LogP contribution is 2.16. The van der Waals surface area contributed by atoms with Crippen molar-refractivity contribution in [2.45, 2.75) is 6.54 Å². The van der Waals surface area contributed by atoms with Gasteiger partial charge in [-0.3, -0.25) is 9.36 Å². The monoisotopic (exact) mass is 364 g/mol. The molecule has 0 unspecified atom stereocenters. The third kappa shape index (κ3) is 2.84. The van der Waals surface area contributed by atoms with Crippen molar-refractivity contribution < 1.29 is 4.39 Å². The third-order valence-corrected chi connectivity index (χ3v) is 3.23. The van der Waals surface area contributed by atoms with E-state index in [1.54, 1.807) is 6.07 Å². The molecule has 0 atom stereocenters. The summed E-state index contributed by atoms with van der Waals surface area (Å²) >= 11 is 7.59. The standard InChI is InChI=1S/C11H7ClFIN2O/c12-8-3-7(1-2-9(8)13)5-16-6-15-4-10(14)11(16)17/h1-4,6H,5H2. The van der Waals surface area contributed by atoms with Gasteiger partial charge < -0.3 is 0 Å². The lowest BCUT2D eigenvalue weighted by atomic mass is 10.2. The maximum Gasteiger partial charge on any atom is 0.267 e. The van der Waals surface area contributed by atoms with Crippen LogP contribution in [0.2, 0.25) is 5.02 Å². The van der Waals surface area contributed by atoms with Crippen LogP contribution in [-0.2, 0) is 6.54 Å². The van der Waals surface area contributed by atoms with Crippen molar-refractivity contribution in [2.75, 3.05) is 0 Å². The Hall–Kier alpha value is -0.950. The van der Waals surface area contributed by atoms with Crippen LogP contribution in [0.4, 0.5) is 4.39 Å². The van der Waals surface area contributed by atoms with Crippen LogP contribution in [0.25, 0.3) is 0 Å². The molecule has 0 fully saturated rings. The molecule has 17 heavy (non-hydrogen) atoms. The maximum absolute atomic E-state index is 13.0. The van der Waals surface area contributed by atoms with E-state index in [4.69, 9.17) is 11.6 Å². The van der Waals surface area contributed by atoms with E-state index in [-0.39, 0.29) is 10.6 Å². The molecule has 1 aromatic heterocycles. The zero-order valence-electron chi connectivity index (χ0n) is 8.53. The van der Waals surface area contributed by atoms with Crippen LogP contribution < -0.4 is 5.56 Å². The molecule has 3 nitrogen and oxygen atoms in total. The molecular formula is C11H7ClFIN2O. The molecule has 0 bridgehead atoms. The van der Waals surface area contributed by atoms with E-state index in [2.05, 4.69) is 4.98 Å². The van der Waals surface area contributed by atoms with Gasteiger partial charge in [-0.15, -0.1) is 0 Å². The van der Waals surface area contributed by atoms with Gasteiger partial charge in [-0.2, -0.15) is 0 Å². The molecule has 6 heteroatoms. The molecule has 1 heterocycles. The molecule has 0 saturated heterocycles. The van der Waals surface area contributed by atoms with Crippen LogP contribution in [0.5, 0.6) is 0 Å². The summed E-state index contributed by atoms with van der Waals surface area (Å²) in [4.78, 5) is 15.7. The summed E-state index contributed by atoms with van der Waals surface area (Å²) in [7, 11) is 0. The average Bonchev–Trinajstić information content (AvgIpc) is 2.30. The maximum atomic E-state index is 13.0. The van der Waals surface area contributed by atoms with Gasteiger partial charge in [0, 0.05) is 6.20 Å². The van der Waals surface area contributed by atoms with Gasteiger partial charge in [-0.25, -0.2) is 9.37 Å². The molecule has 0 N–H and O–H groups in total. The molecule has 0 aliphatic heterocycles. The first-order chi connectivity index (χ1) is 8.08. The number of nitrogens with zero attached hydrogens (tertiary/aromatic N) is 2. The lowest BCUT2D eigenvalue weighted by Gasteiger charge is -2.06. The summed E-state index contributed by atoms with van der Waals surface area (Å²) in [5.74, 6) is -0.469. The van der Waals surface area contributed by atoms with Crippen LogP contribution in [0, 0.1) is 9.39 Å². The Morgan fingerprint density at radius 3 is 2.94 bits per heavy atom. The zero-order chi connectivity index (χ0) is 12.4. The molecule has 88 valence electrons. The second kappa shape index (κ2) is 5.14. The van der Waals surface area contributed by atoms with Crippen molar-refractivity contribution >= 4 is 34.2 Å². The Balaban J connectivity index is 2.35. The van der Waals surface area contributed by atoms with Gasteiger partial charge in [-0.1, -0.05) is 17.7 Å². The minimum Gasteiger partial charge on any atom is -0.294 e. The third-order valence-electron chi connectivity index (χ3n) is 2.20. The van der Waals surface area contributed by atoms with Gasteiger partial charge in [0.1, 0.15) is 5.82 Å². The van der Waals surface area contributed by atoms with E-state index in [9.17, 15) is 9.18 Å². The van der Waals surface area contributed by atoms with Crippen LogP contribution in [0.15, 0.2) is 35.5 Å². The van der Waals surface area contributed by atoms with Crippen molar-refractivity contribution in [1.82, 2.24) is 9.55 Å². The molecule has 0 aliphatic rings. The Morgan fingerprint density at radius 2 is 2.24 bits per heavy atom. The van der Waals surface area contributed by atoms with Crippen molar-refractivity contribution in [2.24, 2.45) is 0 Å². The smallest absolute Gasteiger partial charge is 0.267 e. The van der Waals surface area contributed by atoms with E-state index in [0.717, 1.165) is 5.56 Å². The van der Waals surface area contributed by atoms with Crippen LogP contribution in [0.3, 0.4) is 0 Å². The Bertz CT molecular complexity index is 615. The molecular weight excluding hydrogens is 357 g/mol. The Kier molecular flexibility index (Phi) is 3.78. The molecule has 2 aromatic rings. The number of aromatic nitrogens is 2. The lowest BCUT2D eigenvalue weighted by molar-refractivity contribution is 0.626. The minimum atomic E-state index is -0.469. The van der Waals surface area contributed by atoms with Gasteiger partial charge in [0.05, 0.1) is 21.5 Å². The molecule has 1 aromatic carbocycles. The number of rotatable bonds is 2. The van der Waals surface area contributed by atoms with E-state index >= 15 is 0 Å². The van der Waals surface area contributed by atoms with Crippen molar-refractivity contribution in [1.29, 1.82) is 0 Å². The summed E-state index contributed by atoms with van der Waals surface area (Å²) < 4.78 is 15.0. The lowest BCUT2D eigenvalue weighted by Crippen LogP contribution is -2.22. The van der Waals surface area contributed by atoms with Crippen molar-refractivity contribution in [3.05, 3.63) is 61.1 Å². The first kappa shape index (κ1) is 12.5. The van der Waals surface area contributed by atoms with E-state index in [0.29, 0.717) is 10.1 Å². The molecule has 0 amide bonds. The van der Waals surface area contributed by atoms with Gasteiger partial charge >= 0.3 is 0 Å². The van der Waals surface area contributed by atoms with Crippen molar-refractivity contribution in [3.63, 3.8) is 0 Å².